The Hall–Kier alpha value is -1.93. The molecule has 1 amide bonds. The lowest BCUT2D eigenvalue weighted by Gasteiger charge is -2.39. The van der Waals surface area contributed by atoms with E-state index in [1.165, 1.54) is 7.11 Å². The number of carbonyl (C=O) groups excluding carboxylic acids is 2. The third kappa shape index (κ3) is 4.29. The van der Waals surface area contributed by atoms with Crippen LogP contribution in [0.5, 0.6) is 0 Å². The van der Waals surface area contributed by atoms with Gasteiger partial charge in [0, 0.05) is 25.7 Å². The molecule has 23 heavy (non-hydrogen) atoms. The van der Waals surface area contributed by atoms with Crippen molar-refractivity contribution in [3.63, 3.8) is 0 Å². The molecule has 0 saturated carbocycles. The molecule has 1 saturated heterocycles. The molecule has 0 aromatic carbocycles. The molecule has 128 valence electrons. The molecule has 0 spiro atoms. The van der Waals surface area contributed by atoms with Crippen molar-refractivity contribution >= 4 is 11.9 Å². The first-order valence-corrected chi connectivity index (χ1v) is 7.67. The molecule has 0 N–H and O–H groups in total. The molecule has 2 rings (SSSR count). The topological polar surface area (TPSA) is 85.1 Å². The molecule has 0 bridgehead atoms. The van der Waals surface area contributed by atoms with Gasteiger partial charge in [0.05, 0.1) is 7.11 Å². The zero-order chi connectivity index (χ0) is 16.8. The summed E-state index contributed by atoms with van der Waals surface area (Å²) in [5.41, 5.74) is 0.0740. The molecule has 8 nitrogen and oxygen atoms in total. The van der Waals surface area contributed by atoms with Gasteiger partial charge in [0.25, 0.3) is 0 Å². The number of hydrogen-bond acceptors (Lipinski definition) is 7. The van der Waals surface area contributed by atoms with E-state index in [4.69, 9.17) is 9.15 Å². The third-order valence-corrected chi connectivity index (χ3v) is 3.96. The van der Waals surface area contributed by atoms with E-state index in [0.29, 0.717) is 6.54 Å². The molecule has 1 aliphatic rings. The Kier molecular flexibility index (Phi) is 6.12. The molecule has 1 atom stereocenters. The summed E-state index contributed by atoms with van der Waals surface area (Å²) in [5.74, 6) is -0.395. The Bertz CT molecular complexity index is 545. The first-order valence-electron chi connectivity index (χ1n) is 7.67. The average molecular weight is 325 g/mol. The van der Waals surface area contributed by atoms with E-state index < -0.39 is 5.97 Å². The van der Waals surface area contributed by atoms with E-state index in [1.54, 1.807) is 0 Å². The summed E-state index contributed by atoms with van der Waals surface area (Å²) in [6, 6.07) is 0.163. The summed E-state index contributed by atoms with van der Waals surface area (Å²) < 4.78 is 15.1. The maximum absolute atomic E-state index is 12.3. The number of esters is 1. The van der Waals surface area contributed by atoms with Gasteiger partial charge in [0.2, 0.25) is 5.91 Å². The predicted octanol–water partition coefficient (Wildman–Crippen LogP) is 0.530. The van der Waals surface area contributed by atoms with Crippen LogP contribution in [0.15, 0.2) is 10.8 Å². The highest BCUT2D eigenvalue weighted by Gasteiger charge is 2.26. The van der Waals surface area contributed by atoms with Crippen molar-refractivity contribution < 1.29 is 23.5 Å². The molecule has 2 heterocycles. The number of amides is 1. The molecule has 0 aliphatic carbocycles. The molecule has 0 radical (unpaired) electrons. The number of hydrogen-bond donors (Lipinski definition) is 0. The summed E-state index contributed by atoms with van der Waals surface area (Å²) >= 11 is 0. The van der Waals surface area contributed by atoms with Gasteiger partial charge in [-0.15, -0.1) is 0 Å². The summed E-state index contributed by atoms with van der Waals surface area (Å²) in [5, 5.41) is 0. The van der Waals surface area contributed by atoms with Crippen LogP contribution in [-0.4, -0.2) is 72.6 Å². The Morgan fingerprint density at radius 3 is 2.87 bits per heavy atom. The molecule has 1 fully saturated rings. The standard InChI is InChI=1S/C15H23N3O5/c1-4-17-5-6-18(11(2)7-17)13(19)9-22-8-12-14(15(20)21-3)16-10-23-12/h10-11H,4-9H2,1-3H3/t11-/m1/s1. The lowest BCUT2D eigenvalue weighted by Crippen LogP contribution is -2.54. The molecule has 1 aromatic heterocycles. The second-order valence-electron chi connectivity index (χ2n) is 5.44. The van der Waals surface area contributed by atoms with Crippen LogP contribution < -0.4 is 0 Å². The fourth-order valence-electron chi connectivity index (χ4n) is 2.64. The minimum Gasteiger partial charge on any atom is -0.464 e. The Morgan fingerprint density at radius 2 is 2.22 bits per heavy atom. The number of oxazole rings is 1. The normalized spacial score (nSPS) is 18.9. The van der Waals surface area contributed by atoms with Crippen LogP contribution >= 0.6 is 0 Å². The van der Waals surface area contributed by atoms with Crippen LogP contribution in [0.3, 0.4) is 0 Å². The van der Waals surface area contributed by atoms with Crippen LogP contribution in [0.2, 0.25) is 0 Å². The smallest absolute Gasteiger partial charge is 0.360 e. The van der Waals surface area contributed by atoms with E-state index in [9.17, 15) is 9.59 Å². The second-order valence-corrected chi connectivity index (χ2v) is 5.44. The van der Waals surface area contributed by atoms with Crippen LogP contribution in [-0.2, 0) is 20.9 Å². The Balaban J connectivity index is 1.81. The first-order chi connectivity index (χ1) is 11.1. The van der Waals surface area contributed by atoms with E-state index >= 15 is 0 Å². The van der Waals surface area contributed by atoms with Gasteiger partial charge in [0.1, 0.15) is 13.2 Å². The van der Waals surface area contributed by atoms with E-state index in [0.717, 1.165) is 26.0 Å². The molecular formula is C15H23N3O5. The van der Waals surface area contributed by atoms with Crippen molar-refractivity contribution in [2.24, 2.45) is 0 Å². The van der Waals surface area contributed by atoms with Gasteiger partial charge in [-0.25, -0.2) is 9.78 Å². The zero-order valence-corrected chi connectivity index (χ0v) is 13.8. The molecule has 1 aliphatic heterocycles. The SMILES string of the molecule is CCN1CCN(C(=O)COCc2ocnc2C(=O)OC)[C@H](C)C1. The van der Waals surface area contributed by atoms with Gasteiger partial charge in [-0.2, -0.15) is 0 Å². The van der Waals surface area contributed by atoms with Crippen molar-refractivity contribution in [1.82, 2.24) is 14.8 Å². The van der Waals surface area contributed by atoms with E-state index in [-0.39, 0.29) is 36.6 Å². The van der Waals surface area contributed by atoms with Crippen molar-refractivity contribution in [2.45, 2.75) is 26.5 Å². The van der Waals surface area contributed by atoms with Crippen LogP contribution in [0.4, 0.5) is 0 Å². The van der Waals surface area contributed by atoms with Crippen LogP contribution in [0.25, 0.3) is 0 Å². The summed E-state index contributed by atoms with van der Waals surface area (Å²) in [4.78, 5) is 31.6. The van der Waals surface area contributed by atoms with Crippen LogP contribution in [0, 0.1) is 0 Å². The second kappa shape index (κ2) is 8.07. The number of piperazine rings is 1. The van der Waals surface area contributed by atoms with Gasteiger partial charge < -0.3 is 18.8 Å². The lowest BCUT2D eigenvalue weighted by atomic mass is 10.2. The van der Waals surface area contributed by atoms with Crippen molar-refractivity contribution in [2.75, 3.05) is 39.9 Å². The first kappa shape index (κ1) is 17.4. The Labute approximate surface area is 135 Å². The molecule has 8 heteroatoms. The van der Waals surface area contributed by atoms with E-state index in [2.05, 4.69) is 21.5 Å². The van der Waals surface area contributed by atoms with Crippen molar-refractivity contribution in [1.29, 1.82) is 0 Å². The fraction of sp³-hybridized carbons (Fsp3) is 0.667. The number of nitrogens with zero attached hydrogens (tertiary/aromatic N) is 3. The van der Waals surface area contributed by atoms with Crippen LogP contribution in [0.1, 0.15) is 30.1 Å². The minimum absolute atomic E-state index is 0.000517. The van der Waals surface area contributed by atoms with Crippen molar-refractivity contribution in [3.05, 3.63) is 17.8 Å². The highest BCUT2D eigenvalue weighted by atomic mass is 16.5. The molecule has 1 aromatic rings. The fourth-order valence-corrected chi connectivity index (χ4v) is 2.64. The minimum atomic E-state index is -0.590. The van der Waals surface area contributed by atoms with Crippen molar-refractivity contribution in [3.8, 4) is 0 Å². The average Bonchev–Trinajstić information content (AvgIpc) is 3.02. The zero-order valence-electron chi connectivity index (χ0n) is 13.8. The number of likely N-dealkylation sites (N-methyl/N-ethyl adjacent to an activating group) is 1. The molecule has 0 unspecified atom stereocenters. The summed E-state index contributed by atoms with van der Waals surface area (Å²) in [6.45, 7) is 7.53. The maximum atomic E-state index is 12.3. The number of carbonyl (C=O) groups is 2. The van der Waals surface area contributed by atoms with Gasteiger partial charge in [-0.1, -0.05) is 6.92 Å². The highest BCUT2D eigenvalue weighted by molar-refractivity contribution is 5.88. The lowest BCUT2D eigenvalue weighted by molar-refractivity contribution is -0.141. The van der Waals surface area contributed by atoms with Gasteiger partial charge in [0.15, 0.2) is 17.8 Å². The Morgan fingerprint density at radius 1 is 1.43 bits per heavy atom. The molecular weight excluding hydrogens is 302 g/mol. The van der Waals surface area contributed by atoms with E-state index in [1.807, 2.05) is 11.8 Å². The number of ether oxygens (including phenoxy) is 2. The quantitative estimate of drug-likeness (QED) is 0.705. The predicted molar refractivity (Wildman–Crippen MR) is 80.8 cm³/mol. The summed E-state index contributed by atoms with van der Waals surface area (Å²) in [7, 11) is 1.27. The number of rotatable bonds is 6. The number of aromatic nitrogens is 1. The summed E-state index contributed by atoms with van der Waals surface area (Å²) in [6.07, 6.45) is 1.15. The van der Waals surface area contributed by atoms with Gasteiger partial charge in [-0.3, -0.25) is 9.69 Å². The third-order valence-electron chi connectivity index (χ3n) is 3.96. The monoisotopic (exact) mass is 325 g/mol. The maximum Gasteiger partial charge on any atom is 0.360 e. The van der Waals surface area contributed by atoms with Gasteiger partial charge >= 0.3 is 5.97 Å². The number of methoxy groups -OCH3 is 1. The van der Waals surface area contributed by atoms with Gasteiger partial charge in [-0.05, 0) is 13.5 Å². The largest absolute Gasteiger partial charge is 0.464 e. The highest BCUT2D eigenvalue weighted by Crippen LogP contribution is 2.12.